The van der Waals surface area contributed by atoms with Crippen molar-refractivity contribution in [2.45, 2.75) is 37.3 Å². The highest BCUT2D eigenvalue weighted by molar-refractivity contribution is 7.99. The molecule has 0 aliphatic heterocycles. The molecule has 124 valence electrons. The van der Waals surface area contributed by atoms with Crippen LogP contribution in [-0.4, -0.2) is 21.4 Å². The summed E-state index contributed by atoms with van der Waals surface area (Å²) < 4.78 is 26.3. The molecule has 0 saturated carbocycles. The predicted molar refractivity (Wildman–Crippen MR) is 87.9 cm³/mol. The van der Waals surface area contributed by atoms with E-state index in [0.717, 1.165) is 17.0 Å². The van der Waals surface area contributed by atoms with E-state index in [0.29, 0.717) is 35.2 Å². The van der Waals surface area contributed by atoms with Gasteiger partial charge in [0.15, 0.2) is 0 Å². The second kappa shape index (κ2) is 7.59. The third-order valence-corrected chi connectivity index (χ3v) is 4.35. The lowest BCUT2D eigenvalue weighted by molar-refractivity contribution is -0.116. The molecule has 2 rings (SSSR count). The third kappa shape index (κ3) is 4.79. The highest BCUT2D eigenvalue weighted by atomic mass is 32.2. The van der Waals surface area contributed by atoms with Crippen molar-refractivity contribution in [3.8, 4) is 0 Å². The maximum atomic E-state index is 12.2. The molecule has 4 nitrogen and oxygen atoms in total. The minimum atomic E-state index is -2.44. The number of amides is 1. The van der Waals surface area contributed by atoms with Gasteiger partial charge in [-0.3, -0.25) is 9.48 Å². The number of anilines is 1. The Bertz CT molecular complexity index is 683. The van der Waals surface area contributed by atoms with Crippen LogP contribution >= 0.6 is 11.8 Å². The van der Waals surface area contributed by atoms with Gasteiger partial charge in [0, 0.05) is 29.7 Å². The molecule has 2 aromatic rings. The summed E-state index contributed by atoms with van der Waals surface area (Å²) in [5, 5.41) is 7.10. The topological polar surface area (TPSA) is 46.9 Å². The molecule has 1 amide bonds. The quantitative estimate of drug-likeness (QED) is 0.812. The summed E-state index contributed by atoms with van der Waals surface area (Å²) in [4.78, 5) is 12.5. The number of rotatable bonds is 6. The number of carbonyl (C=O) groups excluding carboxylic acids is 1. The SMILES string of the molecule is Cc1nn(C)c(C)c1CCC(=O)Nc1ccc(SC(F)F)cc1. The smallest absolute Gasteiger partial charge is 0.288 e. The van der Waals surface area contributed by atoms with Crippen molar-refractivity contribution >= 4 is 23.4 Å². The van der Waals surface area contributed by atoms with Crippen LogP contribution in [0.25, 0.3) is 0 Å². The van der Waals surface area contributed by atoms with E-state index in [-0.39, 0.29) is 5.91 Å². The molecular formula is C16H19F2N3OS. The fraction of sp³-hybridized carbons (Fsp3) is 0.375. The lowest BCUT2D eigenvalue weighted by Gasteiger charge is -2.07. The number of alkyl halides is 2. The Morgan fingerprint density at radius 1 is 1.30 bits per heavy atom. The van der Waals surface area contributed by atoms with Crippen LogP contribution in [0.2, 0.25) is 0 Å². The molecule has 23 heavy (non-hydrogen) atoms. The van der Waals surface area contributed by atoms with E-state index in [1.54, 1.807) is 24.3 Å². The van der Waals surface area contributed by atoms with Gasteiger partial charge in [0.05, 0.1) is 5.69 Å². The van der Waals surface area contributed by atoms with Crippen LogP contribution in [0.5, 0.6) is 0 Å². The van der Waals surface area contributed by atoms with Gasteiger partial charge in [-0.05, 0) is 50.1 Å². The van der Waals surface area contributed by atoms with Gasteiger partial charge in [-0.15, -0.1) is 0 Å². The largest absolute Gasteiger partial charge is 0.326 e. The Morgan fingerprint density at radius 2 is 1.96 bits per heavy atom. The molecular weight excluding hydrogens is 320 g/mol. The lowest BCUT2D eigenvalue weighted by Crippen LogP contribution is -2.12. The number of nitrogens with one attached hydrogen (secondary N) is 1. The Morgan fingerprint density at radius 3 is 2.48 bits per heavy atom. The van der Waals surface area contributed by atoms with E-state index in [4.69, 9.17) is 0 Å². The summed E-state index contributed by atoms with van der Waals surface area (Å²) in [7, 11) is 1.88. The molecule has 0 spiro atoms. The number of aromatic nitrogens is 2. The van der Waals surface area contributed by atoms with Crippen LogP contribution in [0, 0.1) is 13.8 Å². The van der Waals surface area contributed by atoms with E-state index in [9.17, 15) is 13.6 Å². The second-order valence-corrected chi connectivity index (χ2v) is 6.29. The van der Waals surface area contributed by atoms with Crippen LogP contribution in [0.1, 0.15) is 23.4 Å². The predicted octanol–water partition coefficient (Wildman–Crippen LogP) is 3.92. The molecule has 1 heterocycles. The zero-order valence-corrected chi connectivity index (χ0v) is 14.1. The summed E-state index contributed by atoms with van der Waals surface area (Å²) >= 11 is 0.484. The maximum Gasteiger partial charge on any atom is 0.288 e. The van der Waals surface area contributed by atoms with Crippen molar-refractivity contribution in [1.82, 2.24) is 9.78 Å². The highest BCUT2D eigenvalue weighted by Gasteiger charge is 2.11. The molecule has 0 aliphatic rings. The molecule has 1 N–H and O–H groups in total. The number of nitrogens with zero attached hydrogens (tertiary/aromatic N) is 2. The summed E-state index contributed by atoms with van der Waals surface area (Å²) in [6, 6.07) is 6.40. The van der Waals surface area contributed by atoms with Crippen LogP contribution in [0.15, 0.2) is 29.2 Å². The molecule has 1 aromatic heterocycles. The van der Waals surface area contributed by atoms with E-state index < -0.39 is 5.76 Å². The van der Waals surface area contributed by atoms with Gasteiger partial charge in [0.1, 0.15) is 0 Å². The zero-order chi connectivity index (χ0) is 17.0. The van der Waals surface area contributed by atoms with E-state index in [2.05, 4.69) is 10.4 Å². The average molecular weight is 339 g/mol. The molecule has 0 aliphatic carbocycles. The lowest BCUT2D eigenvalue weighted by atomic mass is 10.1. The summed E-state index contributed by atoms with van der Waals surface area (Å²) in [5.74, 6) is -2.55. The van der Waals surface area contributed by atoms with Gasteiger partial charge >= 0.3 is 0 Å². The minimum Gasteiger partial charge on any atom is -0.326 e. The standard InChI is InChI=1S/C16H19F2N3OS/c1-10-14(11(2)21(3)20-10)8-9-15(22)19-12-4-6-13(7-5-12)23-16(17)18/h4-7,16H,8-9H2,1-3H3,(H,19,22). The van der Waals surface area contributed by atoms with Crippen LogP contribution < -0.4 is 5.32 Å². The zero-order valence-electron chi connectivity index (χ0n) is 13.3. The van der Waals surface area contributed by atoms with Gasteiger partial charge in [0.25, 0.3) is 5.76 Å². The van der Waals surface area contributed by atoms with Crippen LogP contribution in [-0.2, 0) is 18.3 Å². The van der Waals surface area contributed by atoms with Crippen LogP contribution in [0.3, 0.4) is 0 Å². The monoisotopic (exact) mass is 339 g/mol. The molecule has 1 aromatic carbocycles. The number of aryl methyl sites for hydroxylation is 2. The van der Waals surface area contributed by atoms with Crippen molar-refractivity contribution in [2.24, 2.45) is 7.05 Å². The molecule has 0 unspecified atom stereocenters. The second-order valence-electron chi connectivity index (χ2n) is 5.22. The number of hydrogen-bond donors (Lipinski definition) is 1. The van der Waals surface area contributed by atoms with Gasteiger partial charge in [0.2, 0.25) is 5.91 Å². The molecule has 0 saturated heterocycles. The number of carbonyl (C=O) groups is 1. The Balaban J connectivity index is 1.89. The van der Waals surface area contributed by atoms with Crippen LogP contribution in [0.4, 0.5) is 14.5 Å². The molecule has 0 radical (unpaired) electrons. The average Bonchev–Trinajstić information content (AvgIpc) is 2.72. The van der Waals surface area contributed by atoms with Gasteiger partial charge in [-0.2, -0.15) is 13.9 Å². The first-order valence-corrected chi connectivity index (χ1v) is 8.08. The summed E-state index contributed by atoms with van der Waals surface area (Å²) in [6.45, 7) is 3.91. The third-order valence-electron chi connectivity index (χ3n) is 3.62. The maximum absolute atomic E-state index is 12.2. The Hall–Kier alpha value is -1.89. The Kier molecular flexibility index (Phi) is 5.76. The van der Waals surface area contributed by atoms with Gasteiger partial charge < -0.3 is 5.32 Å². The molecule has 0 atom stereocenters. The number of thioether (sulfide) groups is 1. The van der Waals surface area contributed by atoms with Crippen molar-refractivity contribution in [2.75, 3.05) is 5.32 Å². The molecule has 0 bridgehead atoms. The number of halogens is 2. The first-order chi connectivity index (χ1) is 10.9. The first-order valence-electron chi connectivity index (χ1n) is 7.20. The summed E-state index contributed by atoms with van der Waals surface area (Å²) in [6.07, 6.45) is 0.970. The van der Waals surface area contributed by atoms with Crippen molar-refractivity contribution in [3.05, 3.63) is 41.2 Å². The number of benzene rings is 1. The van der Waals surface area contributed by atoms with Crippen molar-refractivity contribution < 1.29 is 13.6 Å². The Labute approximate surface area is 138 Å². The van der Waals surface area contributed by atoms with E-state index in [1.165, 1.54) is 0 Å². The molecule has 0 fully saturated rings. The number of hydrogen-bond acceptors (Lipinski definition) is 3. The van der Waals surface area contributed by atoms with E-state index >= 15 is 0 Å². The van der Waals surface area contributed by atoms with Gasteiger partial charge in [-0.25, -0.2) is 0 Å². The fourth-order valence-electron chi connectivity index (χ4n) is 2.36. The fourth-order valence-corrected chi connectivity index (χ4v) is 2.86. The van der Waals surface area contributed by atoms with Crippen molar-refractivity contribution in [3.63, 3.8) is 0 Å². The highest BCUT2D eigenvalue weighted by Crippen LogP contribution is 2.26. The summed E-state index contributed by atoms with van der Waals surface area (Å²) in [5.41, 5.74) is 3.69. The normalized spacial score (nSPS) is 11.0. The molecule has 7 heteroatoms. The first kappa shape index (κ1) is 17.5. The van der Waals surface area contributed by atoms with Crippen molar-refractivity contribution in [1.29, 1.82) is 0 Å². The van der Waals surface area contributed by atoms with Gasteiger partial charge in [-0.1, -0.05) is 11.8 Å². The minimum absolute atomic E-state index is 0.109. The van der Waals surface area contributed by atoms with E-state index in [1.807, 2.05) is 25.6 Å².